The van der Waals surface area contributed by atoms with Crippen molar-refractivity contribution >= 4 is 0 Å². The molecular weight excluding hydrogens is 202 g/mol. The van der Waals surface area contributed by atoms with Crippen molar-refractivity contribution in [3.05, 3.63) is 0 Å². The van der Waals surface area contributed by atoms with E-state index < -0.39 is 0 Å². The fourth-order valence-electron chi connectivity index (χ4n) is 2.65. The highest BCUT2D eigenvalue weighted by Gasteiger charge is 2.26. The molecule has 0 N–H and O–H groups in total. The van der Waals surface area contributed by atoms with Crippen molar-refractivity contribution in [1.29, 1.82) is 0 Å². The third-order valence-corrected chi connectivity index (χ3v) is 3.64. The smallest absolute Gasteiger partial charge is 0.218 e. The molecule has 0 spiro atoms. The first-order chi connectivity index (χ1) is 7.75. The van der Waals surface area contributed by atoms with Crippen LogP contribution in [0.3, 0.4) is 0 Å². The van der Waals surface area contributed by atoms with E-state index in [1.54, 1.807) is 0 Å². The Morgan fingerprint density at radius 1 is 0.812 bits per heavy atom. The van der Waals surface area contributed by atoms with Crippen LogP contribution >= 0.6 is 0 Å². The quantitative estimate of drug-likeness (QED) is 0.674. The second kappa shape index (κ2) is 5.99. The van der Waals surface area contributed by atoms with E-state index in [4.69, 9.17) is 9.47 Å². The first-order valence-electron chi connectivity index (χ1n) is 6.73. The molecule has 0 radical (unpaired) electrons. The fourth-order valence-corrected chi connectivity index (χ4v) is 2.65. The van der Waals surface area contributed by atoms with Crippen LogP contribution in [-0.2, 0) is 9.47 Å². The van der Waals surface area contributed by atoms with Crippen LogP contribution < -0.4 is 0 Å². The van der Waals surface area contributed by atoms with Crippen molar-refractivity contribution in [1.82, 2.24) is 4.90 Å². The Hall–Kier alpha value is -0.120. The third kappa shape index (κ3) is 3.44. The summed E-state index contributed by atoms with van der Waals surface area (Å²) in [5, 5.41) is 0. The lowest BCUT2D eigenvalue weighted by molar-refractivity contribution is -0.250. The molecule has 94 valence electrons. The average Bonchev–Trinajstić information content (AvgIpc) is 2.88. The maximum Gasteiger partial charge on any atom is 0.218 e. The van der Waals surface area contributed by atoms with Gasteiger partial charge in [-0.25, -0.2) is 0 Å². The van der Waals surface area contributed by atoms with Crippen LogP contribution in [-0.4, -0.2) is 37.6 Å². The van der Waals surface area contributed by atoms with Crippen LogP contribution in [0.15, 0.2) is 0 Å². The SMILES string of the molecule is CN(C)C(OC1CCCC1)OC1CCCC1. The molecule has 3 nitrogen and oxygen atoms in total. The maximum atomic E-state index is 6.04. The molecular formula is C13H25NO2. The van der Waals surface area contributed by atoms with Gasteiger partial charge in [-0.15, -0.1) is 0 Å². The van der Waals surface area contributed by atoms with Gasteiger partial charge in [-0.3, -0.25) is 4.90 Å². The Labute approximate surface area is 99.1 Å². The molecule has 2 rings (SSSR count). The number of ether oxygens (including phenoxy) is 2. The van der Waals surface area contributed by atoms with E-state index in [0.29, 0.717) is 12.2 Å². The molecule has 0 amide bonds. The summed E-state index contributed by atoms with van der Waals surface area (Å²) >= 11 is 0. The topological polar surface area (TPSA) is 21.7 Å². The van der Waals surface area contributed by atoms with Crippen molar-refractivity contribution < 1.29 is 9.47 Å². The molecule has 0 aromatic carbocycles. The summed E-state index contributed by atoms with van der Waals surface area (Å²) in [6, 6.07) is 0. The van der Waals surface area contributed by atoms with Crippen molar-refractivity contribution in [2.75, 3.05) is 14.1 Å². The predicted octanol–water partition coefficient (Wildman–Crippen LogP) is 2.75. The van der Waals surface area contributed by atoms with Gasteiger partial charge in [0.05, 0.1) is 12.2 Å². The van der Waals surface area contributed by atoms with Crippen LogP contribution in [0.25, 0.3) is 0 Å². The van der Waals surface area contributed by atoms with Crippen molar-refractivity contribution in [3.8, 4) is 0 Å². The highest BCUT2D eigenvalue weighted by Crippen LogP contribution is 2.26. The highest BCUT2D eigenvalue weighted by molar-refractivity contribution is 4.70. The van der Waals surface area contributed by atoms with Gasteiger partial charge in [-0.2, -0.15) is 0 Å². The predicted molar refractivity (Wildman–Crippen MR) is 64.2 cm³/mol. The van der Waals surface area contributed by atoms with Crippen LogP contribution in [0.1, 0.15) is 51.4 Å². The molecule has 2 fully saturated rings. The van der Waals surface area contributed by atoms with Gasteiger partial charge in [0.25, 0.3) is 0 Å². The number of nitrogens with zero attached hydrogens (tertiary/aromatic N) is 1. The van der Waals surface area contributed by atoms with Gasteiger partial charge in [-0.1, -0.05) is 25.7 Å². The summed E-state index contributed by atoms with van der Waals surface area (Å²) in [5.41, 5.74) is 0. The summed E-state index contributed by atoms with van der Waals surface area (Å²) in [5.74, 6) is 0. The molecule has 0 unspecified atom stereocenters. The molecule has 2 aliphatic carbocycles. The normalized spacial score (nSPS) is 24.0. The number of hydrogen-bond donors (Lipinski definition) is 0. The molecule has 0 atom stereocenters. The Morgan fingerprint density at radius 3 is 1.50 bits per heavy atom. The lowest BCUT2D eigenvalue weighted by Crippen LogP contribution is -2.38. The van der Waals surface area contributed by atoms with Gasteiger partial charge in [0, 0.05) is 0 Å². The summed E-state index contributed by atoms with van der Waals surface area (Å²) < 4.78 is 12.1. The summed E-state index contributed by atoms with van der Waals surface area (Å²) in [4.78, 5) is 2.05. The Balaban J connectivity index is 1.78. The van der Waals surface area contributed by atoms with E-state index in [1.165, 1.54) is 51.4 Å². The Bertz CT molecular complexity index is 178. The van der Waals surface area contributed by atoms with E-state index in [9.17, 15) is 0 Å². The van der Waals surface area contributed by atoms with E-state index in [-0.39, 0.29) is 6.41 Å². The molecule has 0 heterocycles. The summed E-state index contributed by atoms with van der Waals surface area (Å²) in [7, 11) is 4.07. The van der Waals surface area contributed by atoms with Gasteiger partial charge in [0.15, 0.2) is 0 Å². The molecule has 0 aromatic rings. The van der Waals surface area contributed by atoms with Crippen LogP contribution in [0.4, 0.5) is 0 Å². The average molecular weight is 227 g/mol. The van der Waals surface area contributed by atoms with Crippen molar-refractivity contribution in [2.24, 2.45) is 0 Å². The van der Waals surface area contributed by atoms with Gasteiger partial charge in [0.2, 0.25) is 6.41 Å². The van der Waals surface area contributed by atoms with Crippen molar-refractivity contribution in [3.63, 3.8) is 0 Å². The molecule has 0 aliphatic heterocycles. The highest BCUT2D eigenvalue weighted by atomic mass is 16.7. The molecule has 2 aliphatic rings. The van der Waals surface area contributed by atoms with Crippen LogP contribution in [0.5, 0.6) is 0 Å². The largest absolute Gasteiger partial charge is 0.336 e. The Morgan fingerprint density at radius 2 is 1.19 bits per heavy atom. The second-order valence-corrected chi connectivity index (χ2v) is 5.36. The lowest BCUT2D eigenvalue weighted by atomic mass is 10.3. The van der Waals surface area contributed by atoms with Gasteiger partial charge in [0.1, 0.15) is 0 Å². The molecule has 0 aromatic heterocycles. The minimum absolute atomic E-state index is 0.133. The zero-order valence-corrected chi connectivity index (χ0v) is 10.7. The zero-order valence-electron chi connectivity index (χ0n) is 10.7. The molecule has 3 heteroatoms. The second-order valence-electron chi connectivity index (χ2n) is 5.36. The van der Waals surface area contributed by atoms with E-state index in [2.05, 4.69) is 4.90 Å². The van der Waals surface area contributed by atoms with E-state index >= 15 is 0 Å². The third-order valence-electron chi connectivity index (χ3n) is 3.64. The number of hydrogen-bond acceptors (Lipinski definition) is 3. The minimum atomic E-state index is -0.133. The van der Waals surface area contributed by atoms with Crippen LogP contribution in [0.2, 0.25) is 0 Å². The summed E-state index contributed by atoms with van der Waals surface area (Å²) in [6.45, 7) is 0. The molecule has 2 saturated carbocycles. The Kier molecular flexibility index (Phi) is 4.62. The monoisotopic (exact) mass is 227 g/mol. The van der Waals surface area contributed by atoms with E-state index in [1.807, 2.05) is 14.1 Å². The van der Waals surface area contributed by atoms with Gasteiger partial charge >= 0.3 is 0 Å². The number of rotatable bonds is 5. The maximum absolute atomic E-state index is 6.04. The van der Waals surface area contributed by atoms with Gasteiger partial charge < -0.3 is 9.47 Å². The molecule has 0 bridgehead atoms. The van der Waals surface area contributed by atoms with Crippen LogP contribution in [0, 0.1) is 0 Å². The first kappa shape index (κ1) is 12.3. The standard InChI is InChI=1S/C13H25NO2/c1-14(2)13(15-11-7-3-4-8-11)16-12-9-5-6-10-12/h11-13H,3-10H2,1-2H3. The first-order valence-corrected chi connectivity index (χ1v) is 6.73. The zero-order chi connectivity index (χ0) is 11.4. The minimum Gasteiger partial charge on any atom is -0.336 e. The van der Waals surface area contributed by atoms with Crippen molar-refractivity contribution in [2.45, 2.75) is 70.0 Å². The van der Waals surface area contributed by atoms with Gasteiger partial charge in [-0.05, 0) is 39.8 Å². The molecule has 0 saturated heterocycles. The molecule has 16 heavy (non-hydrogen) atoms. The summed E-state index contributed by atoms with van der Waals surface area (Å²) in [6.07, 6.45) is 10.8. The van der Waals surface area contributed by atoms with E-state index in [0.717, 1.165) is 0 Å². The lowest BCUT2D eigenvalue weighted by Gasteiger charge is -2.29. The fraction of sp³-hybridized carbons (Fsp3) is 1.00.